The zero-order chi connectivity index (χ0) is 44.4. The van der Waals surface area contributed by atoms with E-state index in [1.807, 2.05) is 28.2 Å². The van der Waals surface area contributed by atoms with Crippen molar-refractivity contribution >= 4 is 90.8 Å². The molecule has 2 aliphatic rings. The van der Waals surface area contributed by atoms with Crippen LogP contribution in [0.4, 0.5) is 0 Å². The fourth-order valence-electron chi connectivity index (χ4n) is 7.03. The molecule has 0 fully saturated rings. The Morgan fingerprint density at radius 2 is 0.738 bits per heavy atom. The number of nitrogens with two attached hydrogens (primary N) is 3. The summed E-state index contributed by atoms with van der Waals surface area (Å²) in [6.45, 7) is 0. The van der Waals surface area contributed by atoms with Crippen LogP contribution in [0.5, 0.6) is 0 Å². The van der Waals surface area contributed by atoms with Gasteiger partial charge in [-0.2, -0.15) is 25.3 Å². The maximum Gasteiger partial charge on any atom is 0.328 e. The van der Waals surface area contributed by atoms with Crippen LogP contribution in [0.25, 0.3) is 89.7 Å². The van der Waals surface area contributed by atoms with Crippen LogP contribution in [0.1, 0.15) is 8.85 Å². The summed E-state index contributed by atoms with van der Waals surface area (Å²) in [5.41, 5.74) is 7.56. The molecule has 7 aromatic rings. The van der Waals surface area contributed by atoms with Gasteiger partial charge in [-0.1, -0.05) is 75.9 Å². The summed E-state index contributed by atoms with van der Waals surface area (Å²) in [5.74, 6) is 3.39. The predicted molar refractivity (Wildman–Crippen MR) is 242 cm³/mol. The monoisotopic (exact) mass is 1090 g/mol. The topological polar surface area (TPSA) is 304 Å². The fraction of sp³-hybridized carbons (Fsp3) is 0.158. The molecule has 0 aliphatic carbocycles. The van der Waals surface area contributed by atoms with Gasteiger partial charge in [0.2, 0.25) is 32.6 Å². The van der Waals surface area contributed by atoms with E-state index < -0.39 is 43.3 Å². The van der Waals surface area contributed by atoms with Crippen molar-refractivity contribution in [1.29, 1.82) is 0 Å². The first-order chi connectivity index (χ1) is 28.5. The van der Waals surface area contributed by atoms with Gasteiger partial charge >= 0.3 is 18.1 Å². The molecular weight excluding hydrogens is 1050 g/mol. The second kappa shape index (κ2) is 20.2. The molecule has 4 aromatic carbocycles. The Kier molecular flexibility index (Phi) is 17.1. The maximum atomic E-state index is 9.89. The number of hydrogen-bond acceptors (Lipinski definition) is 12. The van der Waals surface area contributed by atoms with Gasteiger partial charge in [-0.25, -0.2) is 33.0 Å². The molecule has 343 valence electrons. The number of rotatable bonds is 3. The Balaban J connectivity index is 0.000000586. The zero-order valence-electron chi connectivity index (χ0n) is 34.1. The van der Waals surface area contributed by atoms with E-state index in [1.165, 1.54) is 0 Å². The van der Waals surface area contributed by atoms with Gasteiger partial charge in [0.1, 0.15) is 0 Å². The molecule has 5 heterocycles. The third-order valence-corrected chi connectivity index (χ3v) is 14.8. The number of nitrogens with zero attached hydrogens (tertiary/aromatic N) is 8. The van der Waals surface area contributed by atoms with Gasteiger partial charge in [0, 0.05) is 95.3 Å². The van der Waals surface area contributed by atoms with Crippen LogP contribution < -0.4 is 24.6 Å². The van der Waals surface area contributed by atoms with Crippen molar-refractivity contribution < 1.29 is 98.6 Å². The van der Waals surface area contributed by atoms with Crippen molar-refractivity contribution in [2.24, 2.45) is 43.6 Å². The third kappa shape index (κ3) is 10.9. The van der Waals surface area contributed by atoms with Crippen LogP contribution in [0, 0.1) is 0 Å². The summed E-state index contributed by atoms with van der Waals surface area (Å²) in [5, 5.41) is 15.1. The number of aryl methyl sites for hydroxylation is 2. The molecule has 27 heteroatoms. The molecule has 8 bridgehead atoms. The number of aromatic nitrogens is 8. The predicted octanol–water partition coefficient (Wildman–Crippen LogP) is 1.84. The van der Waals surface area contributed by atoms with E-state index >= 15 is 0 Å². The van der Waals surface area contributed by atoms with Crippen molar-refractivity contribution in [3.05, 3.63) is 97.1 Å². The van der Waals surface area contributed by atoms with E-state index in [4.69, 9.17) is 24.5 Å². The van der Waals surface area contributed by atoms with Gasteiger partial charge in [-0.15, -0.1) is 0 Å². The van der Waals surface area contributed by atoms with Crippen molar-refractivity contribution in [3.63, 3.8) is 0 Å². The van der Waals surface area contributed by atoms with Crippen LogP contribution in [0.3, 0.4) is 0 Å². The minimum absolute atomic E-state index is 0. The molecular formula is C38H43BCuN11O9S4Y+2. The first kappa shape index (κ1) is 54.9. The van der Waals surface area contributed by atoms with Crippen LogP contribution in [0.15, 0.2) is 97.1 Å². The van der Waals surface area contributed by atoms with E-state index in [0.29, 0.717) is 0 Å². The molecule has 3 aromatic heterocycles. The summed E-state index contributed by atoms with van der Waals surface area (Å²) in [6, 6.07) is 33.5. The molecule has 0 saturated carbocycles. The number of hydrogen-bond donors (Lipinski definition) is 4. The maximum absolute atomic E-state index is 9.89. The van der Waals surface area contributed by atoms with Gasteiger partial charge in [-0.05, 0) is 48.5 Å². The Bertz CT molecular complexity index is 3260. The second-order valence-electron chi connectivity index (χ2n) is 13.8. The fourth-order valence-corrected chi connectivity index (χ4v) is 8.69. The van der Waals surface area contributed by atoms with Gasteiger partial charge in [0.05, 0.1) is 36.3 Å². The molecule has 2 aliphatic heterocycles. The minimum atomic E-state index is -4.59. The van der Waals surface area contributed by atoms with Gasteiger partial charge in [-0.3, -0.25) is 13.7 Å². The molecule has 0 atom stereocenters. The number of sulfonamides is 1. The molecule has 5 radical (unpaired) electrons. The first-order valence-electron chi connectivity index (χ1n) is 17.6. The van der Waals surface area contributed by atoms with E-state index in [-0.39, 0.29) is 67.0 Å². The molecule has 0 unspecified atom stereocenters. The Morgan fingerprint density at radius 3 is 0.908 bits per heavy atom. The van der Waals surface area contributed by atoms with Gasteiger partial charge in [0.15, 0.2) is 5.08 Å². The van der Waals surface area contributed by atoms with E-state index in [2.05, 4.69) is 131 Å². The second-order valence-corrected chi connectivity index (χ2v) is 22.0. The van der Waals surface area contributed by atoms with Crippen LogP contribution in [-0.2, 0) is 116 Å². The Hall–Kier alpha value is -4.43. The first-order valence-corrected chi connectivity index (χ1v) is 24.6. The van der Waals surface area contributed by atoms with Crippen molar-refractivity contribution in [1.82, 2.24) is 29.1 Å². The Morgan fingerprint density at radius 1 is 0.523 bits per heavy atom. The summed E-state index contributed by atoms with van der Waals surface area (Å²) >= 11 is 0. The van der Waals surface area contributed by atoms with Crippen molar-refractivity contribution in [2.45, 2.75) is 7.43 Å². The molecule has 65 heavy (non-hydrogen) atoms. The summed E-state index contributed by atoms with van der Waals surface area (Å²) in [7, 11) is -9.61. The third-order valence-electron chi connectivity index (χ3n) is 9.66. The van der Waals surface area contributed by atoms with Crippen LogP contribution >= 0.6 is 0 Å². The number of benzene rings is 4. The van der Waals surface area contributed by atoms with Gasteiger partial charge < -0.3 is 0 Å². The van der Waals surface area contributed by atoms with Crippen molar-refractivity contribution in [3.8, 4) is 45.6 Å². The minimum Gasteiger partial charge on any atom is -0.285 e. The summed E-state index contributed by atoms with van der Waals surface area (Å²) in [6.07, 6.45) is 0. The van der Waals surface area contributed by atoms with E-state index in [1.54, 1.807) is 0 Å². The largest absolute Gasteiger partial charge is 0.328 e. The van der Waals surface area contributed by atoms with Gasteiger partial charge in [0.25, 0.3) is 33.4 Å². The quantitative estimate of drug-likeness (QED) is 0.0851. The van der Waals surface area contributed by atoms with Crippen LogP contribution in [-0.4, -0.2) is 80.8 Å². The number of fused-ring (bicyclic) bond motifs is 20. The van der Waals surface area contributed by atoms with Crippen LogP contribution in [0.2, 0.25) is 0 Å². The standard InChI is InChI=1S/C36H28N8.CH5NO5S2.CH4.B.Cu.H4N2O4S2.Y.H2/c1-41-29-21-13-5-6-14-22(21)30(41)38-32-24-16-8-10-18-26(24)34(43(32)3)40-36-28-20-12-11-19-27(28)35(44(36)4)39-33-25-17-9-7-15-23(25)31(37-29)42(33)2;2-8(3,4)1-9(5,6)7;;;;1-7(3,4)8(2,5)6;;/h5-20H,1-4H3;1H2,(H2,2,3,4)(H,5,6,7);1H4;;;(H2,1,3,4)(H2,2,5,6);;1H/q+2;;;;;;;/i;;;;;;;1+1. The van der Waals surface area contributed by atoms with E-state index in [0.717, 1.165) is 89.7 Å². The molecule has 9 rings (SSSR count). The average molecular weight is 1090 g/mol. The summed E-state index contributed by atoms with van der Waals surface area (Å²) < 4.78 is 94.4. The van der Waals surface area contributed by atoms with E-state index in [9.17, 15) is 33.7 Å². The molecule has 0 amide bonds. The Labute approximate surface area is 413 Å². The smallest absolute Gasteiger partial charge is 0.285 e. The average Bonchev–Trinajstić information content (AvgIpc) is 3.79. The molecule has 0 saturated heterocycles. The molecule has 20 nitrogen and oxygen atoms in total. The normalized spacial score (nSPS) is 11.8. The number of primary sulfonamides is 1. The van der Waals surface area contributed by atoms with Crippen molar-refractivity contribution in [2.75, 3.05) is 5.08 Å². The zero-order valence-corrected chi connectivity index (χ0v) is 41.1. The molecule has 0 spiro atoms. The molecule has 7 N–H and O–H groups in total. The summed E-state index contributed by atoms with van der Waals surface area (Å²) in [4.78, 5) is 21.5. The SMILES string of the molecule is C.Cn1c2nc3[n+](C)c(nc4c5ccccc5c(nc5[n+](C)c(nc1c1ccccc12)-c1ccccc1-5)n4C)-c1ccccc1-3.NS(=O)(=O)CS(=O)(=O)O.NS(=O)(=O)S(N)(=O)=O.[2HH].[B].[Cu].[Y].